The standard InChI is InChI=1S/C11H14FN5/c1-11(4-5-13-7-11)15-10-14-9-3-2-8(12)6-17(9)16-10/h2-3,6,13H,4-5,7H2,1H3,(H,15,16). The van der Waals surface area contributed by atoms with Crippen LogP contribution in [0.4, 0.5) is 10.3 Å². The van der Waals surface area contributed by atoms with Crippen LogP contribution in [-0.4, -0.2) is 33.2 Å². The van der Waals surface area contributed by atoms with Gasteiger partial charge in [0.2, 0.25) is 5.95 Å². The van der Waals surface area contributed by atoms with Crippen LogP contribution in [0.5, 0.6) is 0 Å². The van der Waals surface area contributed by atoms with Crippen molar-refractivity contribution >= 4 is 11.6 Å². The smallest absolute Gasteiger partial charge is 0.243 e. The zero-order valence-corrected chi connectivity index (χ0v) is 9.57. The molecule has 1 fully saturated rings. The first-order valence-electron chi connectivity index (χ1n) is 5.66. The van der Waals surface area contributed by atoms with E-state index < -0.39 is 0 Å². The Morgan fingerprint density at radius 1 is 1.53 bits per heavy atom. The molecule has 0 bridgehead atoms. The fourth-order valence-corrected chi connectivity index (χ4v) is 2.10. The van der Waals surface area contributed by atoms with Gasteiger partial charge in [0.1, 0.15) is 5.82 Å². The number of nitrogens with one attached hydrogen (secondary N) is 2. The molecule has 0 saturated carbocycles. The molecule has 90 valence electrons. The average molecular weight is 235 g/mol. The monoisotopic (exact) mass is 235 g/mol. The van der Waals surface area contributed by atoms with E-state index in [0.29, 0.717) is 11.6 Å². The molecule has 0 spiro atoms. The second kappa shape index (κ2) is 3.66. The molecule has 2 N–H and O–H groups in total. The number of aromatic nitrogens is 3. The van der Waals surface area contributed by atoms with E-state index >= 15 is 0 Å². The highest BCUT2D eigenvalue weighted by atomic mass is 19.1. The van der Waals surface area contributed by atoms with Gasteiger partial charge in [-0.3, -0.25) is 0 Å². The molecule has 5 nitrogen and oxygen atoms in total. The fourth-order valence-electron chi connectivity index (χ4n) is 2.10. The lowest BCUT2D eigenvalue weighted by Crippen LogP contribution is -2.37. The Kier molecular flexibility index (Phi) is 2.25. The Labute approximate surface area is 98.0 Å². The minimum atomic E-state index is -0.317. The Morgan fingerprint density at radius 2 is 2.41 bits per heavy atom. The third-order valence-corrected chi connectivity index (χ3v) is 3.08. The number of rotatable bonds is 2. The Hall–Kier alpha value is -1.69. The van der Waals surface area contributed by atoms with E-state index in [-0.39, 0.29) is 11.4 Å². The largest absolute Gasteiger partial charge is 0.346 e. The van der Waals surface area contributed by atoms with Crippen LogP contribution in [0.1, 0.15) is 13.3 Å². The first kappa shape index (κ1) is 10.5. The average Bonchev–Trinajstić information content (AvgIpc) is 2.84. The molecule has 1 unspecified atom stereocenters. The molecule has 1 aliphatic heterocycles. The number of hydrogen-bond acceptors (Lipinski definition) is 4. The van der Waals surface area contributed by atoms with E-state index in [0.717, 1.165) is 19.5 Å². The predicted octanol–water partition coefficient (Wildman–Crippen LogP) is 1.03. The maximum atomic E-state index is 13.0. The molecule has 0 amide bonds. The van der Waals surface area contributed by atoms with Crippen molar-refractivity contribution in [2.45, 2.75) is 18.9 Å². The molecular weight excluding hydrogens is 221 g/mol. The van der Waals surface area contributed by atoms with Crippen molar-refractivity contribution in [3.8, 4) is 0 Å². The molecule has 1 aliphatic rings. The Balaban J connectivity index is 1.90. The van der Waals surface area contributed by atoms with Crippen molar-refractivity contribution in [1.82, 2.24) is 19.9 Å². The highest BCUT2D eigenvalue weighted by molar-refractivity contribution is 5.44. The molecule has 6 heteroatoms. The van der Waals surface area contributed by atoms with Crippen molar-refractivity contribution in [1.29, 1.82) is 0 Å². The van der Waals surface area contributed by atoms with E-state index in [4.69, 9.17) is 0 Å². The summed E-state index contributed by atoms with van der Waals surface area (Å²) in [5.41, 5.74) is 0.618. The lowest BCUT2D eigenvalue weighted by molar-refractivity contribution is 0.561. The van der Waals surface area contributed by atoms with Gasteiger partial charge in [-0.1, -0.05) is 0 Å². The molecule has 3 heterocycles. The van der Waals surface area contributed by atoms with Crippen LogP contribution >= 0.6 is 0 Å². The second-order valence-electron chi connectivity index (χ2n) is 4.70. The van der Waals surface area contributed by atoms with Gasteiger partial charge in [-0.15, -0.1) is 5.10 Å². The summed E-state index contributed by atoms with van der Waals surface area (Å²) in [5, 5.41) is 10.8. The van der Waals surface area contributed by atoms with Gasteiger partial charge in [-0.25, -0.2) is 8.91 Å². The molecule has 0 radical (unpaired) electrons. The molecule has 1 saturated heterocycles. The van der Waals surface area contributed by atoms with Crippen LogP contribution in [0.25, 0.3) is 5.65 Å². The van der Waals surface area contributed by atoms with Crippen molar-refractivity contribution < 1.29 is 4.39 Å². The quantitative estimate of drug-likeness (QED) is 0.816. The number of pyridine rings is 1. The van der Waals surface area contributed by atoms with Crippen LogP contribution in [0.3, 0.4) is 0 Å². The molecule has 3 rings (SSSR count). The van der Waals surface area contributed by atoms with Crippen LogP contribution in [0, 0.1) is 5.82 Å². The third kappa shape index (κ3) is 1.95. The van der Waals surface area contributed by atoms with Gasteiger partial charge in [0.05, 0.1) is 11.7 Å². The van der Waals surface area contributed by atoms with E-state index in [1.54, 1.807) is 6.07 Å². The van der Waals surface area contributed by atoms with Gasteiger partial charge in [0, 0.05) is 6.54 Å². The minimum absolute atomic E-state index is 0.0243. The zero-order valence-electron chi connectivity index (χ0n) is 9.57. The SMILES string of the molecule is CC1(Nc2nc3ccc(F)cn3n2)CCNC1. The van der Waals surface area contributed by atoms with E-state index in [1.807, 2.05) is 0 Å². The summed E-state index contributed by atoms with van der Waals surface area (Å²) in [6, 6.07) is 3.00. The molecule has 2 aromatic heterocycles. The Morgan fingerprint density at radius 3 is 3.18 bits per heavy atom. The number of anilines is 1. The van der Waals surface area contributed by atoms with Gasteiger partial charge in [-0.05, 0) is 32.0 Å². The number of halogens is 1. The Bertz CT molecular complexity index is 544. The van der Waals surface area contributed by atoms with Gasteiger partial charge >= 0.3 is 0 Å². The summed E-state index contributed by atoms with van der Waals surface area (Å²) in [6.07, 6.45) is 2.35. The highest BCUT2D eigenvalue weighted by Gasteiger charge is 2.29. The molecule has 1 atom stereocenters. The maximum Gasteiger partial charge on any atom is 0.243 e. The minimum Gasteiger partial charge on any atom is -0.346 e. The first-order chi connectivity index (χ1) is 8.15. The topological polar surface area (TPSA) is 54.2 Å². The van der Waals surface area contributed by atoms with Gasteiger partial charge < -0.3 is 10.6 Å². The number of nitrogens with zero attached hydrogens (tertiary/aromatic N) is 3. The zero-order chi connectivity index (χ0) is 11.9. The summed E-state index contributed by atoms with van der Waals surface area (Å²) in [5.74, 6) is 0.226. The van der Waals surface area contributed by atoms with E-state index in [9.17, 15) is 4.39 Å². The van der Waals surface area contributed by atoms with Gasteiger partial charge in [-0.2, -0.15) is 4.98 Å². The van der Waals surface area contributed by atoms with Crippen LogP contribution < -0.4 is 10.6 Å². The first-order valence-corrected chi connectivity index (χ1v) is 5.66. The van der Waals surface area contributed by atoms with Crippen molar-refractivity contribution in [3.63, 3.8) is 0 Å². The predicted molar refractivity (Wildman–Crippen MR) is 62.5 cm³/mol. The molecule has 17 heavy (non-hydrogen) atoms. The highest BCUT2D eigenvalue weighted by Crippen LogP contribution is 2.19. The van der Waals surface area contributed by atoms with Crippen LogP contribution in [0.15, 0.2) is 18.3 Å². The molecule has 2 aromatic rings. The summed E-state index contributed by atoms with van der Waals surface area (Å²) in [6.45, 7) is 4.00. The summed E-state index contributed by atoms with van der Waals surface area (Å²) < 4.78 is 14.5. The second-order valence-corrected chi connectivity index (χ2v) is 4.70. The van der Waals surface area contributed by atoms with E-state index in [2.05, 4.69) is 27.6 Å². The van der Waals surface area contributed by atoms with Crippen LogP contribution in [0.2, 0.25) is 0 Å². The van der Waals surface area contributed by atoms with Crippen molar-refractivity contribution in [3.05, 3.63) is 24.1 Å². The summed E-state index contributed by atoms with van der Waals surface area (Å²) >= 11 is 0. The van der Waals surface area contributed by atoms with Crippen molar-refractivity contribution in [2.24, 2.45) is 0 Å². The molecular formula is C11H14FN5. The van der Waals surface area contributed by atoms with Crippen LogP contribution in [-0.2, 0) is 0 Å². The number of hydrogen-bond donors (Lipinski definition) is 2. The van der Waals surface area contributed by atoms with Crippen molar-refractivity contribution in [2.75, 3.05) is 18.4 Å². The lowest BCUT2D eigenvalue weighted by Gasteiger charge is -2.23. The number of fused-ring (bicyclic) bond motifs is 1. The van der Waals surface area contributed by atoms with Gasteiger partial charge in [0.15, 0.2) is 5.65 Å². The molecule has 0 aliphatic carbocycles. The summed E-state index contributed by atoms with van der Waals surface area (Å²) in [4.78, 5) is 4.31. The summed E-state index contributed by atoms with van der Waals surface area (Å²) in [7, 11) is 0. The van der Waals surface area contributed by atoms with Gasteiger partial charge in [0.25, 0.3) is 0 Å². The maximum absolute atomic E-state index is 13.0. The van der Waals surface area contributed by atoms with E-state index in [1.165, 1.54) is 16.8 Å². The molecule has 0 aromatic carbocycles. The lowest BCUT2D eigenvalue weighted by atomic mass is 10.0. The fraction of sp³-hybridized carbons (Fsp3) is 0.455. The normalized spacial score (nSPS) is 24.4. The third-order valence-electron chi connectivity index (χ3n) is 3.08.